The smallest absolute Gasteiger partial charge is 0.259 e. The zero-order chi connectivity index (χ0) is 22.7. The van der Waals surface area contributed by atoms with Crippen molar-refractivity contribution in [1.29, 1.82) is 0 Å². The van der Waals surface area contributed by atoms with Crippen LogP contribution in [0.3, 0.4) is 0 Å². The van der Waals surface area contributed by atoms with Crippen LogP contribution >= 0.6 is 11.8 Å². The number of anilines is 1. The highest BCUT2D eigenvalue weighted by Gasteiger charge is 2.41. The van der Waals surface area contributed by atoms with Crippen LogP contribution in [0, 0.1) is 0 Å². The molecule has 8 heteroatoms. The van der Waals surface area contributed by atoms with Crippen molar-refractivity contribution in [2.45, 2.75) is 44.4 Å². The first kappa shape index (κ1) is 22.1. The number of nitrogens with zero attached hydrogens (tertiary/aromatic N) is 3. The first-order valence-corrected chi connectivity index (χ1v) is 11.6. The Bertz CT molecular complexity index is 1080. The van der Waals surface area contributed by atoms with Crippen LogP contribution in [0.15, 0.2) is 58.5 Å². The van der Waals surface area contributed by atoms with Crippen molar-refractivity contribution in [3.05, 3.63) is 54.1 Å². The molecule has 0 spiro atoms. The summed E-state index contributed by atoms with van der Waals surface area (Å²) in [6.45, 7) is 3.99. The maximum absolute atomic E-state index is 13.1. The summed E-state index contributed by atoms with van der Waals surface area (Å²) in [5.41, 5.74) is 2.30. The molecule has 0 aliphatic carbocycles. The number of carbonyl (C=O) groups is 2. The van der Waals surface area contributed by atoms with Crippen molar-refractivity contribution in [2.75, 3.05) is 12.4 Å². The number of rotatable bonds is 7. The lowest BCUT2D eigenvalue weighted by Gasteiger charge is -2.27. The van der Waals surface area contributed by atoms with Crippen molar-refractivity contribution in [3.63, 3.8) is 0 Å². The summed E-state index contributed by atoms with van der Waals surface area (Å²) in [7, 11) is 1.60. The van der Waals surface area contributed by atoms with Gasteiger partial charge in [0.2, 0.25) is 5.91 Å². The van der Waals surface area contributed by atoms with E-state index in [1.807, 2.05) is 38.1 Å². The van der Waals surface area contributed by atoms with Gasteiger partial charge in [0.05, 0.1) is 18.0 Å². The molecule has 2 amide bonds. The van der Waals surface area contributed by atoms with Crippen LogP contribution in [0.4, 0.5) is 11.4 Å². The number of aliphatic imine (C=N–C) groups is 2. The molecule has 0 fully saturated rings. The number of nitrogens with one attached hydrogen (secondary N) is 1. The fraction of sp³-hybridized carbons (Fsp3) is 0.333. The molecule has 7 nitrogen and oxygen atoms in total. The largest absolute Gasteiger partial charge is 0.497 e. The van der Waals surface area contributed by atoms with Crippen molar-refractivity contribution in [2.24, 2.45) is 9.98 Å². The number of carbonyl (C=O) groups excluding carboxylic acids is 2. The number of methoxy groups -OCH3 is 1. The minimum Gasteiger partial charge on any atom is -0.497 e. The summed E-state index contributed by atoms with van der Waals surface area (Å²) >= 11 is 1.30. The van der Waals surface area contributed by atoms with Gasteiger partial charge in [0.1, 0.15) is 17.6 Å². The summed E-state index contributed by atoms with van der Waals surface area (Å²) in [6.07, 6.45) is 2.14. The summed E-state index contributed by atoms with van der Waals surface area (Å²) in [5.74, 6) is 1.14. The maximum Gasteiger partial charge on any atom is 0.259 e. The quantitative estimate of drug-likeness (QED) is 0.668. The Labute approximate surface area is 192 Å². The standard InChI is InChI=1S/C24H26N4O3S/c1-4-8-19-23(30)28-21(26-19)17-9-6-7-10-18(17)27-24(28)32-20(5-2)22(29)25-15-11-13-16(31-3)14-12-15/h6-7,9-14,19-20H,4-5,8H2,1-3H3,(H,25,29)/t19-,20+/m0/s1. The monoisotopic (exact) mass is 450 g/mol. The summed E-state index contributed by atoms with van der Waals surface area (Å²) < 4.78 is 5.17. The second-order valence-corrected chi connectivity index (χ2v) is 8.74. The van der Waals surface area contributed by atoms with Gasteiger partial charge >= 0.3 is 0 Å². The molecule has 2 aliphatic heterocycles. The summed E-state index contributed by atoms with van der Waals surface area (Å²) in [4.78, 5) is 37.2. The number of thioether (sulfide) groups is 1. The van der Waals surface area contributed by atoms with Gasteiger partial charge in [-0.1, -0.05) is 44.2 Å². The number of amides is 2. The van der Waals surface area contributed by atoms with E-state index < -0.39 is 11.3 Å². The zero-order valence-corrected chi connectivity index (χ0v) is 19.2. The van der Waals surface area contributed by atoms with E-state index >= 15 is 0 Å². The van der Waals surface area contributed by atoms with Gasteiger partial charge in [-0.05, 0) is 49.2 Å². The van der Waals surface area contributed by atoms with Crippen LogP contribution in [0.2, 0.25) is 0 Å². The number of para-hydroxylation sites is 1. The average molecular weight is 451 g/mol. The van der Waals surface area contributed by atoms with Crippen LogP contribution in [0.25, 0.3) is 0 Å². The van der Waals surface area contributed by atoms with Crippen molar-refractivity contribution >= 4 is 46.0 Å². The number of hydrogen-bond donors (Lipinski definition) is 1. The van der Waals surface area contributed by atoms with Gasteiger partial charge in [-0.2, -0.15) is 0 Å². The number of hydrogen-bond acceptors (Lipinski definition) is 6. The van der Waals surface area contributed by atoms with E-state index in [-0.39, 0.29) is 11.8 Å². The van der Waals surface area contributed by atoms with E-state index in [4.69, 9.17) is 14.7 Å². The van der Waals surface area contributed by atoms with Crippen molar-refractivity contribution < 1.29 is 14.3 Å². The second-order valence-electron chi connectivity index (χ2n) is 7.57. The third-order valence-electron chi connectivity index (χ3n) is 5.38. The lowest BCUT2D eigenvalue weighted by atomic mass is 10.1. The minimum atomic E-state index is -0.416. The van der Waals surface area contributed by atoms with E-state index in [2.05, 4.69) is 5.32 Å². The molecule has 166 valence electrons. The van der Waals surface area contributed by atoms with Gasteiger partial charge in [-0.3, -0.25) is 14.6 Å². The highest BCUT2D eigenvalue weighted by atomic mass is 32.2. The highest BCUT2D eigenvalue weighted by Crippen LogP contribution is 2.36. The highest BCUT2D eigenvalue weighted by molar-refractivity contribution is 8.15. The van der Waals surface area contributed by atoms with Crippen molar-refractivity contribution in [1.82, 2.24) is 4.90 Å². The molecule has 0 aromatic heterocycles. The van der Waals surface area contributed by atoms with Crippen molar-refractivity contribution in [3.8, 4) is 5.75 Å². The molecule has 0 saturated heterocycles. The Balaban J connectivity index is 1.58. The van der Waals surface area contributed by atoms with E-state index in [9.17, 15) is 9.59 Å². The zero-order valence-electron chi connectivity index (χ0n) is 18.4. The molecule has 0 bridgehead atoms. The van der Waals surface area contributed by atoms with Gasteiger partial charge in [0, 0.05) is 11.3 Å². The predicted octanol–water partition coefficient (Wildman–Crippen LogP) is 4.60. The third kappa shape index (κ3) is 4.27. The molecule has 2 heterocycles. The molecule has 2 aromatic rings. The molecular formula is C24H26N4O3S. The molecular weight excluding hydrogens is 424 g/mol. The van der Waals surface area contributed by atoms with Gasteiger partial charge in [-0.25, -0.2) is 9.89 Å². The molecule has 0 unspecified atom stereocenters. The van der Waals surface area contributed by atoms with Gasteiger partial charge in [0.15, 0.2) is 5.17 Å². The number of ether oxygens (including phenoxy) is 1. The Kier molecular flexibility index (Phi) is 6.60. The molecule has 1 N–H and O–H groups in total. The first-order valence-electron chi connectivity index (χ1n) is 10.8. The van der Waals surface area contributed by atoms with Gasteiger partial charge in [-0.15, -0.1) is 0 Å². The molecule has 2 atom stereocenters. The Morgan fingerprint density at radius 3 is 2.62 bits per heavy atom. The molecule has 4 rings (SSSR count). The van der Waals surface area contributed by atoms with Crippen LogP contribution in [0.5, 0.6) is 5.75 Å². The van der Waals surface area contributed by atoms with Crippen LogP contribution in [-0.4, -0.2) is 46.1 Å². The molecule has 2 aliphatic rings. The van der Waals surface area contributed by atoms with Gasteiger partial charge < -0.3 is 10.1 Å². The van der Waals surface area contributed by atoms with E-state index in [1.54, 1.807) is 36.3 Å². The van der Waals surface area contributed by atoms with Gasteiger partial charge in [0.25, 0.3) is 5.91 Å². The fourth-order valence-corrected chi connectivity index (χ4v) is 4.71. The average Bonchev–Trinajstić information content (AvgIpc) is 3.14. The van der Waals surface area contributed by atoms with Crippen LogP contribution < -0.4 is 10.1 Å². The summed E-state index contributed by atoms with van der Waals surface area (Å²) in [5, 5.41) is 3.04. The predicted molar refractivity (Wildman–Crippen MR) is 129 cm³/mol. The second kappa shape index (κ2) is 9.56. The summed E-state index contributed by atoms with van der Waals surface area (Å²) in [6, 6.07) is 14.5. The Hall–Kier alpha value is -3.13. The Morgan fingerprint density at radius 1 is 1.19 bits per heavy atom. The molecule has 32 heavy (non-hydrogen) atoms. The normalized spacial score (nSPS) is 17.8. The molecule has 2 aromatic carbocycles. The lowest BCUT2D eigenvalue weighted by molar-refractivity contribution is -0.124. The van der Waals surface area contributed by atoms with E-state index in [0.717, 1.165) is 23.4 Å². The van der Waals surface area contributed by atoms with E-state index in [0.29, 0.717) is 29.5 Å². The lowest BCUT2D eigenvalue weighted by Crippen LogP contribution is -2.42. The number of amidine groups is 2. The molecule has 0 saturated carbocycles. The maximum atomic E-state index is 13.1. The number of benzene rings is 2. The topological polar surface area (TPSA) is 83.4 Å². The Morgan fingerprint density at radius 2 is 1.94 bits per heavy atom. The third-order valence-corrected chi connectivity index (χ3v) is 6.69. The minimum absolute atomic E-state index is 0.0759. The van der Waals surface area contributed by atoms with E-state index in [1.165, 1.54) is 11.8 Å². The fourth-order valence-electron chi connectivity index (χ4n) is 3.69. The SMILES string of the molecule is CCC[C@@H]1N=C2c3ccccc3N=C(S[C@H](CC)C(=O)Nc3ccc(OC)cc3)N2C1=O. The van der Waals surface area contributed by atoms with Crippen LogP contribution in [-0.2, 0) is 9.59 Å². The molecule has 0 radical (unpaired) electrons. The first-order chi connectivity index (χ1) is 15.5. The van der Waals surface area contributed by atoms with Crippen LogP contribution in [0.1, 0.15) is 38.7 Å². The number of fused-ring (bicyclic) bond motifs is 3.